The fraction of sp³-hybridized carbons (Fsp3) is 0.500. The van der Waals surface area contributed by atoms with Gasteiger partial charge in [-0.3, -0.25) is 9.10 Å². The summed E-state index contributed by atoms with van der Waals surface area (Å²) in [5.41, 5.74) is 0.755. The van der Waals surface area contributed by atoms with E-state index in [1.54, 1.807) is 24.3 Å². The molecule has 0 aliphatic heterocycles. The first-order valence-corrected chi connectivity index (χ1v) is 8.49. The lowest BCUT2D eigenvalue weighted by Gasteiger charge is -2.21. The van der Waals surface area contributed by atoms with Crippen molar-refractivity contribution in [1.29, 1.82) is 0 Å². The molecule has 1 amide bonds. The molecule has 6 heteroatoms. The molecule has 0 aliphatic rings. The number of nitrogens with zero attached hydrogens (tertiary/aromatic N) is 1. The zero-order valence-electron chi connectivity index (χ0n) is 12.4. The van der Waals surface area contributed by atoms with Crippen molar-refractivity contribution in [1.82, 2.24) is 5.32 Å². The number of carbonyl (C=O) groups excluding carboxylic acids is 1. The molecule has 20 heavy (non-hydrogen) atoms. The molecule has 0 saturated carbocycles. The van der Waals surface area contributed by atoms with Crippen molar-refractivity contribution in [2.45, 2.75) is 32.7 Å². The van der Waals surface area contributed by atoms with E-state index >= 15 is 0 Å². The Kier molecular flexibility index (Phi) is 5.56. The van der Waals surface area contributed by atoms with Gasteiger partial charge >= 0.3 is 0 Å². The van der Waals surface area contributed by atoms with Crippen molar-refractivity contribution in [3.63, 3.8) is 0 Å². The Morgan fingerprint density at radius 1 is 1.25 bits per heavy atom. The molecule has 5 nitrogen and oxygen atoms in total. The minimum absolute atomic E-state index is 0.0964. The Hall–Kier alpha value is -1.56. The first-order valence-electron chi connectivity index (χ1n) is 6.65. The summed E-state index contributed by atoms with van der Waals surface area (Å²) in [5, 5.41) is 2.92. The SMILES string of the molecule is CCC(CC)NC(=O)c1ccccc1N(C)S(C)(=O)=O. The predicted octanol–water partition coefficient (Wildman–Crippen LogP) is 2.00. The maximum Gasteiger partial charge on any atom is 0.253 e. The summed E-state index contributed by atoms with van der Waals surface area (Å²) < 4.78 is 24.4. The third-order valence-corrected chi connectivity index (χ3v) is 4.50. The number of anilines is 1. The van der Waals surface area contributed by atoms with E-state index in [0.29, 0.717) is 11.3 Å². The molecule has 0 unspecified atom stereocenters. The normalized spacial score (nSPS) is 11.4. The van der Waals surface area contributed by atoms with E-state index < -0.39 is 10.0 Å². The van der Waals surface area contributed by atoms with E-state index in [-0.39, 0.29) is 11.9 Å². The van der Waals surface area contributed by atoms with Crippen LogP contribution in [0.5, 0.6) is 0 Å². The van der Waals surface area contributed by atoms with Gasteiger partial charge in [0, 0.05) is 13.1 Å². The van der Waals surface area contributed by atoms with Crippen LogP contribution in [0, 0.1) is 0 Å². The summed E-state index contributed by atoms with van der Waals surface area (Å²) in [7, 11) is -1.96. The fourth-order valence-corrected chi connectivity index (χ4v) is 2.39. The molecule has 0 radical (unpaired) electrons. The lowest BCUT2D eigenvalue weighted by atomic mass is 10.1. The van der Waals surface area contributed by atoms with Crippen molar-refractivity contribution in [2.24, 2.45) is 0 Å². The molecule has 1 aromatic rings. The van der Waals surface area contributed by atoms with E-state index in [9.17, 15) is 13.2 Å². The Labute approximate surface area is 121 Å². The summed E-state index contributed by atoms with van der Waals surface area (Å²) in [6.07, 6.45) is 2.79. The highest BCUT2D eigenvalue weighted by Gasteiger charge is 2.20. The quantitative estimate of drug-likeness (QED) is 0.873. The molecular formula is C14H22N2O3S. The third-order valence-electron chi connectivity index (χ3n) is 3.31. The number of hydrogen-bond donors (Lipinski definition) is 1. The van der Waals surface area contributed by atoms with Crippen LogP contribution in [0.25, 0.3) is 0 Å². The summed E-state index contributed by atoms with van der Waals surface area (Å²) in [6.45, 7) is 4.01. The highest BCUT2D eigenvalue weighted by molar-refractivity contribution is 7.92. The molecule has 1 rings (SSSR count). The van der Waals surface area contributed by atoms with Crippen LogP contribution in [0.1, 0.15) is 37.0 Å². The van der Waals surface area contributed by atoms with Gasteiger partial charge in [-0.15, -0.1) is 0 Å². The number of nitrogens with one attached hydrogen (secondary N) is 1. The van der Waals surface area contributed by atoms with Gasteiger partial charge in [-0.2, -0.15) is 0 Å². The first-order chi connectivity index (χ1) is 9.31. The van der Waals surface area contributed by atoms with E-state index in [1.807, 2.05) is 13.8 Å². The van der Waals surface area contributed by atoms with E-state index in [1.165, 1.54) is 7.05 Å². The largest absolute Gasteiger partial charge is 0.349 e. The topological polar surface area (TPSA) is 66.5 Å². The molecule has 1 N–H and O–H groups in total. The van der Waals surface area contributed by atoms with Crippen LogP contribution in [0.3, 0.4) is 0 Å². The Balaban J connectivity index is 3.10. The van der Waals surface area contributed by atoms with Gasteiger partial charge in [0.1, 0.15) is 0 Å². The second-order valence-corrected chi connectivity index (χ2v) is 6.75. The van der Waals surface area contributed by atoms with Crippen molar-refractivity contribution >= 4 is 21.6 Å². The molecular weight excluding hydrogens is 276 g/mol. The number of hydrogen-bond acceptors (Lipinski definition) is 3. The second-order valence-electron chi connectivity index (χ2n) is 4.73. The minimum atomic E-state index is -3.40. The number of benzene rings is 1. The molecule has 0 aromatic heterocycles. The van der Waals surface area contributed by atoms with Crippen LogP contribution in [-0.4, -0.2) is 33.7 Å². The maximum atomic E-state index is 12.3. The molecule has 0 saturated heterocycles. The second kappa shape index (κ2) is 6.74. The number of carbonyl (C=O) groups is 1. The van der Waals surface area contributed by atoms with Crippen molar-refractivity contribution in [3.8, 4) is 0 Å². The Morgan fingerprint density at radius 2 is 1.80 bits per heavy atom. The predicted molar refractivity (Wildman–Crippen MR) is 81.5 cm³/mol. The van der Waals surface area contributed by atoms with Gasteiger partial charge < -0.3 is 5.32 Å². The van der Waals surface area contributed by atoms with Crippen LogP contribution >= 0.6 is 0 Å². The average Bonchev–Trinajstić information content (AvgIpc) is 2.42. The van der Waals surface area contributed by atoms with Gasteiger partial charge in [-0.1, -0.05) is 26.0 Å². The standard InChI is InChI=1S/C14H22N2O3S/c1-5-11(6-2)15-14(17)12-9-7-8-10-13(12)16(3)20(4,18)19/h7-11H,5-6H2,1-4H3,(H,15,17). The summed E-state index contributed by atoms with van der Waals surface area (Å²) in [5.74, 6) is -0.246. The summed E-state index contributed by atoms with van der Waals surface area (Å²) in [6, 6.07) is 6.79. The summed E-state index contributed by atoms with van der Waals surface area (Å²) in [4.78, 5) is 12.3. The highest BCUT2D eigenvalue weighted by atomic mass is 32.2. The zero-order valence-corrected chi connectivity index (χ0v) is 13.2. The smallest absolute Gasteiger partial charge is 0.253 e. The lowest BCUT2D eigenvalue weighted by molar-refractivity contribution is 0.0935. The molecule has 0 aliphatic carbocycles. The van der Waals surface area contributed by atoms with Crippen LogP contribution in [0.15, 0.2) is 24.3 Å². The molecule has 1 aromatic carbocycles. The van der Waals surface area contributed by atoms with E-state index in [2.05, 4.69) is 5.32 Å². The lowest BCUT2D eigenvalue weighted by Crippen LogP contribution is -2.35. The fourth-order valence-electron chi connectivity index (χ4n) is 1.87. The molecule has 0 bridgehead atoms. The van der Waals surface area contributed by atoms with Gasteiger partial charge in [0.15, 0.2) is 0 Å². The van der Waals surface area contributed by atoms with Crippen molar-refractivity contribution in [3.05, 3.63) is 29.8 Å². The number of sulfonamides is 1. The monoisotopic (exact) mass is 298 g/mol. The van der Waals surface area contributed by atoms with Crippen molar-refractivity contribution < 1.29 is 13.2 Å². The highest BCUT2D eigenvalue weighted by Crippen LogP contribution is 2.21. The van der Waals surface area contributed by atoms with Crippen LogP contribution in [-0.2, 0) is 10.0 Å². The minimum Gasteiger partial charge on any atom is -0.349 e. The molecule has 112 valence electrons. The van der Waals surface area contributed by atoms with Gasteiger partial charge in [-0.05, 0) is 25.0 Å². The van der Waals surface area contributed by atoms with Gasteiger partial charge in [-0.25, -0.2) is 8.42 Å². The van der Waals surface area contributed by atoms with Gasteiger partial charge in [0.25, 0.3) is 5.91 Å². The van der Waals surface area contributed by atoms with E-state index in [4.69, 9.17) is 0 Å². The van der Waals surface area contributed by atoms with Crippen LogP contribution in [0.2, 0.25) is 0 Å². The van der Waals surface area contributed by atoms with Crippen molar-refractivity contribution in [2.75, 3.05) is 17.6 Å². The van der Waals surface area contributed by atoms with Crippen LogP contribution < -0.4 is 9.62 Å². The van der Waals surface area contributed by atoms with Gasteiger partial charge in [0.2, 0.25) is 10.0 Å². The van der Waals surface area contributed by atoms with E-state index in [0.717, 1.165) is 23.4 Å². The molecule has 0 fully saturated rings. The number of rotatable bonds is 6. The van der Waals surface area contributed by atoms with Gasteiger partial charge in [0.05, 0.1) is 17.5 Å². The molecule has 0 heterocycles. The third kappa shape index (κ3) is 3.96. The molecule has 0 spiro atoms. The van der Waals surface area contributed by atoms with Crippen LogP contribution in [0.4, 0.5) is 5.69 Å². The zero-order chi connectivity index (χ0) is 15.3. The Bertz CT molecular complexity index is 566. The number of amides is 1. The average molecular weight is 298 g/mol. The Morgan fingerprint density at radius 3 is 2.30 bits per heavy atom. The first kappa shape index (κ1) is 16.5. The maximum absolute atomic E-state index is 12.3. The number of para-hydroxylation sites is 1. The summed E-state index contributed by atoms with van der Waals surface area (Å²) >= 11 is 0. The molecule has 0 atom stereocenters.